The maximum atomic E-state index is 12.6. The molecule has 0 bridgehead atoms. The molecule has 0 aliphatic heterocycles. The summed E-state index contributed by atoms with van der Waals surface area (Å²) in [6, 6.07) is 1.61. The number of carboxylic acid groups (broad SMARTS) is 1. The van der Waals surface area contributed by atoms with Crippen molar-refractivity contribution in [1.29, 1.82) is 0 Å². The van der Waals surface area contributed by atoms with E-state index in [-0.39, 0.29) is 10.2 Å². The Morgan fingerprint density at radius 3 is 2.46 bits per heavy atom. The van der Waals surface area contributed by atoms with Crippen LogP contribution in [-0.4, -0.2) is 11.2 Å². The Bertz CT molecular complexity index is 357. The lowest BCUT2D eigenvalue weighted by atomic mass is 10.3. The Morgan fingerprint density at radius 2 is 1.92 bits per heavy atom. The summed E-state index contributed by atoms with van der Waals surface area (Å²) in [6.45, 7) is 0. The van der Waals surface area contributed by atoms with E-state index in [1.807, 2.05) is 5.32 Å². The zero-order valence-corrected chi connectivity index (χ0v) is 7.73. The molecule has 1 aromatic carbocycles. The summed E-state index contributed by atoms with van der Waals surface area (Å²) < 4.78 is 25.2. The van der Waals surface area contributed by atoms with Gasteiger partial charge in [0.1, 0.15) is 0 Å². The van der Waals surface area contributed by atoms with E-state index in [0.717, 1.165) is 12.1 Å². The van der Waals surface area contributed by atoms with Gasteiger partial charge in [0, 0.05) is 10.5 Å². The Labute approximate surface area is 80.5 Å². The summed E-state index contributed by atoms with van der Waals surface area (Å²) in [6.07, 6.45) is -1.34. The van der Waals surface area contributed by atoms with Crippen LogP contribution in [0.1, 0.15) is 0 Å². The fraction of sp³-hybridized carbons (Fsp3) is 0. The molecule has 1 aromatic rings. The van der Waals surface area contributed by atoms with Crippen LogP contribution in [-0.2, 0) is 0 Å². The SMILES string of the molecule is O=C(O)Nc1cc(F)c(F)cc1Br. The van der Waals surface area contributed by atoms with Crippen molar-refractivity contribution in [2.24, 2.45) is 0 Å². The first-order valence-electron chi connectivity index (χ1n) is 3.15. The zero-order chi connectivity index (χ0) is 10.0. The molecule has 0 unspecified atom stereocenters. The average molecular weight is 252 g/mol. The lowest BCUT2D eigenvalue weighted by molar-refractivity contribution is 0.209. The van der Waals surface area contributed by atoms with Crippen LogP contribution in [0.15, 0.2) is 16.6 Å². The summed E-state index contributed by atoms with van der Waals surface area (Å²) in [5, 5.41) is 10.2. The van der Waals surface area contributed by atoms with E-state index >= 15 is 0 Å². The predicted molar refractivity (Wildman–Crippen MR) is 45.7 cm³/mol. The van der Waals surface area contributed by atoms with Gasteiger partial charge in [-0.25, -0.2) is 13.6 Å². The van der Waals surface area contributed by atoms with Crippen molar-refractivity contribution in [3.05, 3.63) is 28.2 Å². The second-order valence-corrected chi connectivity index (χ2v) is 3.03. The van der Waals surface area contributed by atoms with E-state index in [1.165, 1.54) is 0 Å². The highest BCUT2D eigenvalue weighted by molar-refractivity contribution is 9.10. The van der Waals surface area contributed by atoms with Gasteiger partial charge in [0.2, 0.25) is 0 Å². The smallest absolute Gasteiger partial charge is 0.409 e. The number of anilines is 1. The lowest BCUT2D eigenvalue weighted by Gasteiger charge is -2.03. The highest BCUT2D eigenvalue weighted by atomic mass is 79.9. The number of hydrogen-bond acceptors (Lipinski definition) is 1. The van der Waals surface area contributed by atoms with Gasteiger partial charge in [-0.3, -0.25) is 5.32 Å². The summed E-state index contributed by atoms with van der Waals surface area (Å²) in [4.78, 5) is 10.2. The van der Waals surface area contributed by atoms with E-state index in [9.17, 15) is 13.6 Å². The molecule has 0 saturated heterocycles. The normalized spacial score (nSPS) is 9.77. The molecule has 1 rings (SSSR count). The molecular weight excluding hydrogens is 248 g/mol. The van der Waals surface area contributed by atoms with Crippen LogP contribution in [0.25, 0.3) is 0 Å². The van der Waals surface area contributed by atoms with Gasteiger partial charge in [0.15, 0.2) is 11.6 Å². The second kappa shape index (κ2) is 3.69. The Hall–Kier alpha value is -1.17. The van der Waals surface area contributed by atoms with Crippen molar-refractivity contribution in [1.82, 2.24) is 0 Å². The van der Waals surface area contributed by atoms with Gasteiger partial charge in [-0.1, -0.05) is 0 Å². The summed E-state index contributed by atoms with van der Waals surface area (Å²) in [5.41, 5.74) is -0.0357. The molecule has 0 spiro atoms. The minimum Gasteiger partial charge on any atom is -0.465 e. The van der Waals surface area contributed by atoms with E-state index in [4.69, 9.17) is 5.11 Å². The van der Waals surface area contributed by atoms with Gasteiger partial charge >= 0.3 is 6.09 Å². The topological polar surface area (TPSA) is 49.3 Å². The van der Waals surface area contributed by atoms with Gasteiger partial charge < -0.3 is 5.11 Å². The van der Waals surface area contributed by atoms with Gasteiger partial charge in [0.25, 0.3) is 0 Å². The molecule has 0 aliphatic carbocycles. The number of nitrogens with one attached hydrogen (secondary N) is 1. The molecule has 1 amide bonds. The molecule has 2 N–H and O–H groups in total. The van der Waals surface area contributed by atoms with Crippen LogP contribution < -0.4 is 5.32 Å². The van der Waals surface area contributed by atoms with Gasteiger partial charge in [-0.15, -0.1) is 0 Å². The molecule has 0 aromatic heterocycles. The number of carbonyl (C=O) groups is 1. The first-order chi connectivity index (χ1) is 6.00. The molecule has 13 heavy (non-hydrogen) atoms. The molecule has 0 saturated carbocycles. The first-order valence-corrected chi connectivity index (χ1v) is 3.94. The maximum Gasteiger partial charge on any atom is 0.409 e. The molecule has 0 aliphatic rings. The third kappa shape index (κ3) is 2.38. The van der Waals surface area contributed by atoms with Crippen molar-refractivity contribution in [2.45, 2.75) is 0 Å². The fourth-order valence-electron chi connectivity index (χ4n) is 0.734. The van der Waals surface area contributed by atoms with Gasteiger partial charge in [0.05, 0.1) is 5.69 Å². The number of amides is 1. The van der Waals surface area contributed by atoms with Crippen LogP contribution in [0.5, 0.6) is 0 Å². The van der Waals surface area contributed by atoms with E-state index in [0.29, 0.717) is 0 Å². The molecule has 3 nitrogen and oxygen atoms in total. The maximum absolute atomic E-state index is 12.6. The quantitative estimate of drug-likeness (QED) is 0.755. The fourth-order valence-corrected chi connectivity index (χ4v) is 1.15. The highest BCUT2D eigenvalue weighted by Crippen LogP contribution is 2.25. The third-order valence-corrected chi connectivity index (χ3v) is 1.91. The molecule has 0 fully saturated rings. The minimum absolute atomic E-state index is 0.0357. The van der Waals surface area contributed by atoms with Crippen LogP contribution in [0.3, 0.4) is 0 Å². The zero-order valence-electron chi connectivity index (χ0n) is 6.14. The molecule has 0 atom stereocenters. The number of hydrogen-bond donors (Lipinski definition) is 2. The van der Waals surface area contributed by atoms with E-state index in [1.54, 1.807) is 0 Å². The predicted octanol–water partition coefficient (Wildman–Crippen LogP) is 2.82. The molecule has 70 valence electrons. The summed E-state index contributed by atoms with van der Waals surface area (Å²) in [5.74, 6) is -2.14. The Morgan fingerprint density at radius 1 is 1.38 bits per heavy atom. The van der Waals surface area contributed by atoms with E-state index in [2.05, 4.69) is 15.9 Å². The molecule has 0 heterocycles. The van der Waals surface area contributed by atoms with Crippen molar-refractivity contribution in [3.8, 4) is 0 Å². The second-order valence-electron chi connectivity index (χ2n) is 2.18. The molecule has 6 heteroatoms. The van der Waals surface area contributed by atoms with Crippen molar-refractivity contribution >= 4 is 27.7 Å². The first kappa shape index (κ1) is 9.91. The number of benzene rings is 1. The Kier molecular flexibility index (Phi) is 2.82. The van der Waals surface area contributed by atoms with Crippen LogP contribution in [0.2, 0.25) is 0 Å². The number of halogens is 3. The summed E-state index contributed by atoms with van der Waals surface area (Å²) in [7, 11) is 0. The summed E-state index contributed by atoms with van der Waals surface area (Å²) >= 11 is 2.88. The monoisotopic (exact) mass is 251 g/mol. The van der Waals surface area contributed by atoms with Crippen molar-refractivity contribution < 1.29 is 18.7 Å². The molecular formula is C7H4BrF2NO2. The third-order valence-electron chi connectivity index (χ3n) is 1.25. The molecule has 0 radical (unpaired) electrons. The van der Waals surface area contributed by atoms with Crippen LogP contribution in [0.4, 0.5) is 19.3 Å². The average Bonchev–Trinajstić information content (AvgIpc) is 1.99. The minimum atomic E-state index is -1.34. The standard InChI is InChI=1S/C7H4BrF2NO2/c8-3-1-4(9)5(10)2-6(3)11-7(12)13/h1-2,11H,(H,12,13). The van der Waals surface area contributed by atoms with Gasteiger partial charge in [-0.2, -0.15) is 0 Å². The Balaban J connectivity index is 3.08. The van der Waals surface area contributed by atoms with Crippen LogP contribution >= 0.6 is 15.9 Å². The van der Waals surface area contributed by atoms with Crippen LogP contribution in [0, 0.1) is 11.6 Å². The largest absolute Gasteiger partial charge is 0.465 e. The van der Waals surface area contributed by atoms with Crippen molar-refractivity contribution in [3.63, 3.8) is 0 Å². The van der Waals surface area contributed by atoms with E-state index < -0.39 is 17.7 Å². The number of rotatable bonds is 1. The van der Waals surface area contributed by atoms with Crippen molar-refractivity contribution in [2.75, 3.05) is 5.32 Å². The highest BCUT2D eigenvalue weighted by Gasteiger charge is 2.09. The van der Waals surface area contributed by atoms with Gasteiger partial charge in [-0.05, 0) is 22.0 Å². The lowest BCUT2D eigenvalue weighted by Crippen LogP contribution is -2.08.